The fraction of sp³-hybridized carbons (Fsp3) is 0.333. The highest BCUT2D eigenvalue weighted by molar-refractivity contribution is 5.79. The van der Waals surface area contributed by atoms with Gasteiger partial charge in [0.2, 0.25) is 5.91 Å². The molecule has 0 aliphatic carbocycles. The molecule has 1 fully saturated rings. The number of piperidine rings is 1. The number of halogens is 1. The Morgan fingerprint density at radius 3 is 2.57 bits per heavy atom. The summed E-state index contributed by atoms with van der Waals surface area (Å²) in [6.07, 6.45) is 5.18. The fourth-order valence-corrected chi connectivity index (χ4v) is 2.92. The van der Waals surface area contributed by atoms with Gasteiger partial charge in [-0.15, -0.1) is 0 Å². The number of nitrogens with zero attached hydrogens (tertiary/aromatic N) is 2. The highest BCUT2D eigenvalue weighted by Crippen LogP contribution is 2.22. The molecule has 1 aromatic carbocycles. The third-order valence-corrected chi connectivity index (χ3v) is 4.30. The van der Waals surface area contributed by atoms with E-state index in [1.54, 1.807) is 30.6 Å². The first-order valence-electron chi connectivity index (χ1n) is 7.90. The van der Waals surface area contributed by atoms with Crippen molar-refractivity contribution >= 4 is 11.6 Å². The van der Waals surface area contributed by atoms with E-state index in [0.29, 0.717) is 5.56 Å². The number of carbonyl (C=O) groups is 1. The molecule has 0 spiro atoms. The van der Waals surface area contributed by atoms with Crippen molar-refractivity contribution in [2.45, 2.75) is 19.4 Å². The fourth-order valence-electron chi connectivity index (χ4n) is 2.92. The number of hydrogen-bond donors (Lipinski definition) is 1. The van der Waals surface area contributed by atoms with Crippen LogP contribution in [0.2, 0.25) is 0 Å². The van der Waals surface area contributed by atoms with Crippen molar-refractivity contribution in [2.24, 2.45) is 5.92 Å². The molecule has 0 atom stereocenters. The van der Waals surface area contributed by atoms with Crippen LogP contribution in [0.25, 0.3) is 0 Å². The summed E-state index contributed by atoms with van der Waals surface area (Å²) in [5.74, 6) is -0.261. The Bertz CT molecular complexity index is 654. The van der Waals surface area contributed by atoms with E-state index in [9.17, 15) is 9.18 Å². The van der Waals surface area contributed by atoms with Crippen molar-refractivity contribution in [3.05, 3.63) is 60.2 Å². The summed E-state index contributed by atoms with van der Waals surface area (Å²) in [5.41, 5.74) is 1.67. The third kappa shape index (κ3) is 3.86. The van der Waals surface area contributed by atoms with Crippen LogP contribution in [-0.4, -0.2) is 24.0 Å². The molecule has 0 radical (unpaired) electrons. The van der Waals surface area contributed by atoms with E-state index in [4.69, 9.17) is 0 Å². The summed E-state index contributed by atoms with van der Waals surface area (Å²) in [6.45, 7) is 1.94. The Kier molecular flexibility index (Phi) is 4.86. The van der Waals surface area contributed by atoms with Gasteiger partial charge in [-0.25, -0.2) is 4.39 Å². The first-order valence-corrected chi connectivity index (χ1v) is 7.90. The van der Waals surface area contributed by atoms with Crippen LogP contribution in [-0.2, 0) is 11.3 Å². The SMILES string of the molecule is O=C(NCc1ccccc1F)C1CCN(c2ccncc2)CC1. The highest BCUT2D eigenvalue weighted by atomic mass is 19.1. The van der Waals surface area contributed by atoms with Crippen LogP contribution < -0.4 is 10.2 Å². The lowest BCUT2D eigenvalue weighted by molar-refractivity contribution is -0.125. The molecule has 2 aromatic rings. The number of nitrogens with one attached hydrogen (secondary N) is 1. The van der Waals surface area contributed by atoms with Gasteiger partial charge in [-0.3, -0.25) is 9.78 Å². The minimum absolute atomic E-state index is 0.000129. The van der Waals surface area contributed by atoms with Crippen molar-refractivity contribution in [3.63, 3.8) is 0 Å². The van der Waals surface area contributed by atoms with E-state index >= 15 is 0 Å². The Morgan fingerprint density at radius 1 is 1.17 bits per heavy atom. The lowest BCUT2D eigenvalue weighted by Gasteiger charge is -2.32. The van der Waals surface area contributed by atoms with Gasteiger partial charge in [0.25, 0.3) is 0 Å². The molecule has 0 bridgehead atoms. The van der Waals surface area contributed by atoms with Gasteiger partial charge in [-0.1, -0.05) is 18.2 Å². The smallest absolute Gasteiger partial charge is 0.223 e. The number of pyridine rings is 1. The van der Waals surface area contributed by atoms with Gasteiger partial charge in [0, 0.05) is 49.2 Å². The normalized spacial score (nSPS) is 15.4. The number of amides is 1. The molecule has 4 nitrogen and oxygen atoms in total. The van der Waals surface area contributed by atoms with E-state index in [0.717, 1.165) is 31.6 Å². The molecule has 3 rings (SSSR count). The first kappa shape index (κ1) is 15.5. The van der Waals surface area contributed by atoms with E-state index in [2.05, 4.69) is 15.2 Å². The van der Waals surface area contributed by atoms with E-state index in [-0.39, 0.29) is 24.2 Å². The molecule has 2 heterocycles. The number of hydrogen-bond acceptors (Lipinski definition) is 3. The van der Waals surface area contributed by atoms with Crippen molar-refractivity contribution in [3.8, 4) is 0 Å². The summed E-state index contributed by atoms with van der Waals surface area (Å²) < 4.78 is 13.6. The number of carbonyl (C=O) groups excluding carboxylic acids is 1. The average molecular weight is 313 g/mol. The second kappa shape index (κ2) is 7.22. The lowest BCUT2D eigenvalue weighted by atomic mass is 9.95. The predicted molar refractivity (Wildman–Crippen MR) is 87.4 cm³/mol. The van der Waals surface area contributed by atoms with Crippen LogP contribution in [0.4, 0.5) is 10.1 Å². The maximum atomic E-state index is 13.6. The van der Waals surface area contributed by atoms with Crippen LogP contribution >= 0.6 is 0 Å². The van der Waals surface area contributed by atoms with Crippen LogP contribution in [0.5, 0.6) is 0 Å². The van der Waals surface area contributed by atoms with Gasteiger partial charge >= 0.3 is 0 Å². The predicted octanol–water partition coefficient (Wildman–Crippen LogP) is 2.75. The largest absolute Gasteiger partial charge is 0.371 e. The van der Waals surface area contributed by atoms with E-state index in [1.807, 2.05) is 12.1 Å². The van der Waals surface area contributed by atoms with Crippen LogP contribution in [0, 0.1) is 11.7 Å². The number of rotatable bonds is 4. The third-order valence-electron chi connectivity index (χ3n) is 4.30. The Balaban J connectivity index is 1.50. The lowest BCUT2D eigenvalue weighted by Crippen LogP contribution is -2.40. The molecule has 120 valence electrons. The molecular weight excluding hydrogens is 293 g/mol. The van der Waals surface area contributed by atoms with Crippen molar-refractivity contribution in [1.29, 1.82) is 0 Å². The molecule has 1 saturated heterocycles. The van der Waals surface area contributed by atoms with Gasteiger partial charge in [-0.05, 0) is 31.0 Å². The quantitative estimate of drug-likeness (QED) is 0.944. The molecule has 1 aromatic heterocycles. The van der Waals surface area contributed by atoms with Crippen molar-refractivity contribution < 1.29 is 9.18 Å². The molecule has 1 N–H and O–H groups in total. The Hall–Kier alpha value is -2.43. The number of anilines is 1. The van der Waals surface area contributed by atoms with Gasteiger partial charge in [0.05, 0.1) is 0 Å². The molecule has 0 unspecified atom stereocenters. The van der Waals surface area contributed by atoms with Gasteiger partial charge in [0.15, 0.2) is 0 Å². The maximum Gasteiger partial charge on any atom is 0.223 e. The summed E-state index contributed by atoms with van der Waals surface area (Å²) in [4.78, 5) is 18.6. The molecule has 1 aliphatic heterocycles. The van der Waals surface area contributed by atoms with Crippen LogP contribution in [0.1, 0.15) is 18.4 Å². The van der Waals surface area contributed by atoms with Gasteiger partial charge < -0.3 is 10.2 Å². The zero-order chi connectivity index (χ0) is 16.1. The van der Waals surface area contributed by atoms with Crippen molar-refractivity contribution in [1.82, 2.24) is 10.3 Å². The summed E-state index contributed by atoms with van der Waals surface area (Å²) in [6, 6.07) is 10.5. The molecule has 0 saturated carbocycles. The minimum Gasteiger partial charge on any atom is -0.371 e. The summed E-state index contributed by atoms with van der Waals surface area (Å²) >= 11 is 0. The standard InChI is InChI=1S/C18H20FN3O/c19-17-4-2-1-3-15(17)13-21-18(23)14-7-11-22(12-8-14)16-5-9-20-10-6-16/h1-6,9-10,14H,7-8,11-13H2,(H,21,23). The molecule has 1 aliphatic rings. The van der Waals surface area contributed by atoms with Gasteiger partial charge in [0.1, 0.15) is 5.82 Å². The van der Waals surface area contributed by atoms with E-state index in [1.165, 1.54) is 6.07 Å². The Labute approximate surface area is 135 Å². The van der Waals surface area contributed by atoms with Crippen LogP contribution in [0.15, 0.2) is 48.8 Å². The first-order chi connectivity index (χ1) is 11.2. The Morgan fingerprint density at radius 2 is 1.87 bits per heavy atom. The molecule has 23 heavy (non-hydrogen) atoms. The van der Waals surface area contributed by atoms with Crippen molar-refractivity contribution in [2.75, 3.05) is 18.0 Å². The zero-order valence-corrected chi connectivity index (χ0v) is 12.9. The zero-order valence-electron chi connectivity index (χ0n) is 12.9. The maximum absolute atomic E-state index is 13.6. The number of benzene rings is 1. The van der Waals surface area contributed by atoms with Crippen LogP contribution in [0.3, 0.4) is 0 Å². The highest BCUT2D eigenvalue weighted by Gasteiger charge is 2.25. The minimum atomic E-state index is -0.277. The second-order valence-electron chi connectivity index (χ2n) is 5.78. The topological polar surface area (TPSA) is 45.2 Å². The second-order valence-corrected chi connectivity index (χ2v) is 5.78. The number of aromatic nitrogens is 1. The van der Waals surface area contributed by atoms with Gasteiger partial charge in [-0.2, -0.15) is 0 Å². The molecule has 5 heteroatoms. The average Bonchev–Trinajstić information content (AvgIpc) is 2.62. The summed E-state index contributed by atoms with van der Waals surface area (Å²) in [5, 5.41) is 2.86. The molecule has 1 amide bonds. The summed E-state index contributed by atoms with van der Waals surface area (Å²) in [7, 11) is 0. The van der Waals surface area contributed by atoms with E-state index < -0.39 is 0 Å². The monoisotopic (exact) mass is 313 g/mol. The molecular formula is C18H20FN3O.